The topological polar surface area (TPSA) is 62.7 Å². The van der Waals surface area contributed by atoms with Gasteiger partial charge >= 0.3 is 0 Å². The minimum Gasteiger partial charge on any atom is -0.351 e. The number of nitrogens with zero attached hydrogens (tertiary/aromatic N) is 3. The molecule has 0 amide bonds. The first kappa shape index (κ1) is 25.7. The Morgan fingerprint density at radius 3 is 1.09 bits per heavy atom. The highest BCUT2D eigenvalue weighted by atomic mass is 15.2. The summed E-state index contributed by atoms with van der Waals surface area (Å²) in [5.74, 6) is 3.21. The smallest absolute Gasteiger partial charge is 0.227 e. The Balaban J connectivity index is 1.51. The fourth-order valence-corrected chi connectivity index (χ4v) is 6.34. The fraction of sp³-hybridized carbons (Fsp3) is 0.897. The lowest BCUT2D eigenvalue weighted by Gasteiger charge is -2.23. The number of nitrogens with one attached hydrogen (secondary N) is 2. The molecule has 0 spiro atoms. The second-order valence-electron chi connectivity index (χ2n) is 11.5. The van der Waals surface area contributed by atoms with Gasteiger partial charge in [-0.2, -0.15) is 15.0 Å². The third-order valence-corrected chi connectivity index (χ3v) is 8.50. The number of hydrogen-bond acceptors (Lipinski definition) is 5. The van der Waals surface area contributed by atoms with Gasteiger partial charge in [0.05, 0.1) is 0 Å². The predicted molar refractivity (Wildman–Crippen MR) is 144 cm³/mol. The molecule has 2 N–H and O–H groups in total. The van der Waals surface area contributed by atoms with E-state index in [1.807, 2.05) is 0 Å². The van der Waals surface area contributed by atoms with Crippen LogP contribution in [0, 0.1) is 0 Å². The average molecular weight is 470 g/mol. The number of anilines is 2. The van der Waals surface area contributed by atoms with Crippen molar-refractivity contribution in [3.63, 3.8) is 0 Å². The van der Waals surface area contributed by atoms with E-state index in [4.69, 9.17) is 15.0 Å². The molecule has 3 fully saturated rings. The highest BCUT2D eigenvalue weighted by molar-refractivity contribution is 5.36. The van der Waals surface area contributed by atoms with Crippen molar-refractivity contribution in [2.75, 3.05) is 10.6 Å². The molecule has 0 aliphatic heterocycles. The molecule has 0 saturated heterocycles. The third-order valence-electron chi connectivity index (χ3n) is 8.50. The van der Waals surface area contributed by atoms with Gasteiger partial charge < -0.3 is 10.6 Å². The first-order valence-corrected chi connectivity index (χ1v) is 15.2. The van der Waals surface area contributed by atoms with Crippen molar-refractivity contribution in [3.05, 3.63) is 5.82 Å². The van der Waals surface area contributed by atoms with Gasteiger partial charge in [-0.05, 0) is 38.5 Å². The standard InChI is InChI=1S/C29H51N5/c1-2-7-13-19-24(18-12-6-1)27-32-28(30-25-20-14-8-3-4-9-15-21-25)34-29(33-27)31-26-22-16-10-5-11-17-23-26/h24-26H,1-23H2,(H2,30,31,32,33,34). The summed E-state index contributed by atoms with van der Waals surface area (Å²) in [6, 6.07) is 1.01. The van der Waals surface area contributed by atoms with Crippen molar-refractivity contribution in [2.24, 2.45) is 0 Å². The molecule has 3 aliphatic carbocycles. The molecule has 3 aliphatic rings. The van der Waals surface area contributed by atoms with Crippen molar-refractivity contribution in [1.29, 1.82) is 0 Å². The minimum atomic E-state index is 0.486. The molecule has 1 aromatic rings. The van der Waals surface area contributed by atoms with Crippen molar-refractivity contribution < 1.29 is 0 Å². The zero-order valence-corrected chi connectivity index (χ0v) is 21.8. The van der Waals surface area contributed by atoms with Crippen LogP contribution < -0.4 is 10.6 Å². The van der Waals surface area contributed by atoms with Gasteiger partial charge in [0.1, 0.15) is 5.82 Å². The maximum atomic E-state index is 5.08. The molecule has 0 atom stereocenters. The van der Waals surface area contributed by atoms with Crippen LogP contribution in [-0.2, 0) is 0 Å². The van der Waals surface area contributed by atoms with Gasteiger partial charge in [-0.15, -0.1) is 0 Å². The molecule has 0 radical (unpaired) electrons. The normalized spacial score (nSPS) is 23.8. The zero-order valence-electron chi connectivity index (χ0n) is 21.8. The first-order chi connectivity index (χ1) is 16.9. The summed E-state index contributed by atoms with van der Waals surface area (Å²) in [5, 5.41) is 7.57. The van der Waals surface area contributed by atoms with Gasteiger partial charge in [-0.3, -0.25) is 0 Å². The zero-order chi connectivity index (χ0) is 23.3. The van der Waals surface area contributed by atoms with Crippen LogP contribution in [0.15, 0.2) is 0 Å². The van der Waals surface area contributed by atoms with E-state index in [1.165, 1.54) is 148 Å². The summed E-state index contributed by atoms with van der Waals surface area (Å²) in [4.78, 5) is 15.1. The summed E-state index contributed by atoms with van der Waals surface area (Å²) in [7, 11) is 0. The van der Waals surface area contributed by atoms with Gasteiger partial charge in [-0.25, -0.2) is 0 Å². The van der Waals surface area contributed by atoms with E-state index in [-0.39, 0.29) is 0 Å². The maximum Gasteiger partial charge on any atom is 0.227 e. The maximum absolute atomic E-state index is 5.08. The van der Waals surface area contributed by atoms with Crippen molar-refractivity contribution >= 4 is 11.9 Å². The molecule has 5 heteroatoms. The van der Waals surface area contributed by atoms with Crippen LogP contribution in [0.2, 0.25) is 0 Å². The SMILES string of the molecule is C1CCCCC(Nc2nc(NC3CCCCCCC3)nc(C3CCCCCCCC3)n2)CCC1. The van der Waals surface area contributed by atoms with Gasteiger partial charge in [-0.1, -0.05) is 109 Å². The molecule has 1 aromatic heterocycles. The Hall–Kier alpha value is -1.39. The Morgan fingerprint density at radius 2 is 0.706 bits per heavy atom. The van der Waals surface area contributed by atoms with Gasteiger partial charge in [0.15, 0.2) is 0 Å². The molecular formula is C29H51N5. The number of aromatic nitrogens is 3. The van der Waals surface area contributed by atoms with Gasteiger partial charge in [0.2, 0.25) is 11.9 Å². The van der Waals surface area contributed by atoms with E-state index >= 15 is 0 Å². The summed E-state index contributed by atoms with van der Waals surface area (Å²) in [6.07, 6.45) is 30.6. The lowest BCUT2D eigenvalue weighted by atomic mass is 9.96. The van der Waals surface area contributed by atoms with Crippen molar-refractivity contribution in [1.82, 2.24) is 15.0 Å². The van der Waals surface area contributed by atoms with Crippen LogP contribution in [0.1, 0.15) is 159 Å². The van der Waals surface area contributed by atoms with Gasteiger partial charge in [0.25, 0.3) is 0 Å². The molecule has 3 saturated carbocycles. The van der Waals surface area contributed by atoms with Crippen LogP contribution in [0.25, 0.3) is 0 Å². The second kappa shape index (κ2) is 14.9. The number of rotatable bonds is 5. The summed E-state index contributed by atoms with van der Waals surface area (Å²) < 4.78 is 0. The van der Waals surface area contributed by atoms with E-state index in [1.54, 1.807) is 0 Å². The quantitative estimate of drug-likeness (QED) is 0.452. The summed E-state index contributed by atoms with van der Waals surface area (Å²) >= 11 is 0. The van der Waals surface area contributed by atoms with Crippen LogP contribution >= 0.6 is 0 Å². The third kappa shape index (κ3) is 9.00. The van der Waals surface area contributed by atoms with E-state index in [2.05, 4.69) is 10.6 Å². The predicted octanol–water partition coefficient (Wildman–Crippen LogP) is 8.53. The summed E-state index contributed by atoms with van der Waals surface area (Å²) in [6.45, 7) is 0. The highest BCUT2D eigenvalue weighted by Crippen LogP contribution is 2.30. The van der Waals surface area contributed by atoms with Crippen molar-refractivity contribution in [3.8, 4) is 0 Å². The number of hydrogen-bond donors (Lipinski definition) is 2. The van der Waals surface area contributed by atoms with E-state index < -0.39 is 0 Å². The Kier molecular flexibility index (Phi) is 11.2. The Bertz CT molecular complexity index is 665. The highest BCUT2D eigenvalue weighted by Gasteiger charge is 2.21. The van der Waals surface area contributed by atoms with Crippen LogP contribution in [0.5, 0.6) is 0 Å². The molecule has 192 valence electrons. The van der Waals surface area contributed by atoms with Gasteiger partial charge in [0, 0.05) is 18.0 Å². The van der Waals surface area contributed by atoms with Crippen LogP contribution in [0.4, 0.5) is 11.9 Å². The van der Waals surface area contributed by atoms with Crippen molar-refractivity contribution in [2.45, 2.75) is 166 Å². The largest absolute Gasteiger partial charge is 0.351 e. The second-order valence-corrected chi connectivity index (χ2v) is 11.5. The summed E-state index contributed by atoms with van der Waals surface area (Å²) in [5.41, 5.74) is 0. The Morgan fingerprint density at radius 1 is 0.382 bits per heavy atom. The molecule has 4 rings (SSSR count). The van der Waals surface area contributed by atoms with E-state index in [9.17, 15) is 0 Å². The molecule has 1 heterocycles. The molecule has 5 nitrogen and oxygen atoms in total. The molecule has 34 heavy (non-hydrogen) atoms. The molecule has 0 bridgehead atoms. The molecule has 0 unspecified atom stereocenters. The monoisotopic (exact) mass is 469 g/mol. The lowest BCUT2D eigenvalue weighted by Crippen LogP contribution is -2.25. The van der Waals surface area contributed by atoms with E-state index in [0.29, 0.717) is 18.0 Å². The molecular weight excluding hydrogens is 418 g/mol. The minimum absolute atomic E-state index is 0.486. The fourth-order valence-electron chi connectivity index (χ4n) is 6.34. The first-order valence-electron chi connectivity index (χ1n) is 15.2. The molecule has 0 aromatic carbocycles. The Labute approximate surface area is 209 Å². The van der Waals surface area contributed by atoms with Crippen LogP contribution in [0.3, 0.4) is 0 Å². The van der Waals surface area contributed by atoms with Crippen LogP contribution in [-0.4, -0.2) is 27.0 Å². The lowest BCUT2D eigenvalue weighted by molar-refractivity contribution is 0.468. The average Bonchev–Trinajstić information content (AvgIpc) is 3.04. The van der Waals surface area contributed by atoms with E-state index in [0.717, 1.165) is 17.7 Å².